The molecule has 122 valence electrons. The second-order valence-corrected chi connectivity index (χ2v) is 6.90. The largest absolute Gasteiger partial charge is 0.476 e. The van der Waals surface area contributed by atoms with E-state index in [2.05, 4.69) is 0 Å². The van der Waals surface area contributed by atoms with Crippen LogP contribution in [0.1, 0.15) is 43.1 Å². The van der Waals surface area contributed by atoms with E-state index < -0.39 is 23.5 Å². The summed E-state index contributed by atoms with van der Waals surface area (Å²) in [6.07, 6.45) is -0.904. The summed E-state index contributed by atoms with van der Waals surface area (Å²) in [6.45, 7) is 5.28. The number of carbonyl (C=O) groups excluding carboxylic acids is 2. The van der Waals surface area contributed by atoms with Gasteiger partial charge in [-0.2, -0.15) is 5.26 Å². The first-order valence-electron chi connectivity index (χ1n) is 6.94. The molecule has 1 aromatic carbocycles. The Hall–Kier alpha value is -1.77. The minimum Gasteiger partial charge on any atom is -0.476 e. The van der Waals surface area contributed by atoms with Gasteiger partial charge in [0.15, 0.2) is 11.9 Å². The first kappa shape index (κ1) is 17.6. The highest BCUT2D eigenvalue weighted by Crippen LogP contribution is 2.43. The molecule has 1 aromatic rings. The SMILES string of the molecule is CC(C)(C)OC(=O)C1Cc2cc(C(=O)CC#N)c(Cl)c(Cl)c2O1. The number of fused-ring (bicyclic) bond motifs is 1. The molecule has 0 aromatic heterocycles. The Morgan fingerprint density at radius 2 is 2.04 bits per heavy atom. The molecular weight excluding hydrogens is 341 g/mol. The molecule has 0 radical (unpaired) electrons. The lowest BCUT2D eigenvalue weighted by Crippen LogP contribution is -2.34. The number of halogens is 2. The first-order chi connectivity index (χ1) is 10.6. The summed E-state index contributed by atoms with van der Waals surface area (Å²) in [5.41, 5.74) is 0.117. The van der Waals surface area contributed by atoms with Crippen LogP contribution in [0.15, 0.2) is 6.07 Å². The Kier molecular flexibility index (Phi) is 4.88. The molecule has 0 aliphatic carbocycles. The van der Waals surface area contributed by atoms with E-state index in [1.807, 2.05) is 0 Å². The van der Waals surface area contributed by atoms with Crippen LogP contribution in [0, 0.1) is 11.3 Å². The zero-order valence-electron chi connectivity index (χ0n) is 12.9. The van der Waals surface area contributed by atoms with Gasteiger partial charge in [0.25, 0.3) is 0 Å². The van der Waals surface area contributed by atoms with E-state index in [-0.39, 0.29) is 34.2 Å². The minimum absolute atomic E-state index is 0.0236. The number of nitrogens with zero attached hydrogens (tertiary/aromatic N) is 1. The predicted molar refractivity (Wildman–Crippen MR) is 85.0 cm³/mol. The molecule has 1 heterocycles. The Morgan fingerprint density at radius 1 is 1.39 bits per heavy atom. The summed E-state index contributed by atoms with van der Waals surface area (Å²) in [6, 6.07) is 3.30. The Bertz CT molecular complexity index is 716. The van der Waals surface area contributed by atoms with Crippen LogP contribution in [0.2, 0.25) is 10.0 Å². The maximum atomic E-state index is 12.1. The maximum Gasteiger partial charge on any atom is 0.348 e. The summed E-state index contributed by atoms with van der Waals surface area (Å²) in [4.78, 5) is 24.0. The van der Waals surface area contributed by atoms with Crippen molar-refractivity contribution in [2.75, 3.05) is 0 Å². The highest BCUT2D eigenvalue weighted by Gasteiger charge is 2.36. The molecular formula is C16H15Cl2NO4. The molecule has 0 N–H and O–H groups in total. The molecule has 1 unspecified atom stereocenters. The number of Topliss-reactive ketones (excluding diaryl/α,β-unsaturated/α-hetero) is 1. The number of ketones is 1. The van der Waals surface area contributed by atoms with Gasteiger partial charge >= 0.3 is 5.97 Å². The van der Waals surface area contributed by atoms with Gasteiger partial charge in [0, 0.05) is 17.5 Å². The number of benzene rings is 1. The van der Waals surface area contributed by atoms with Crippen molar-refractivity contribution in [2.24, 2.45) is 0 Å². The molecule has 23 heavy (non-hydrogen) atoms. The van der Waals surface area contributed by atoms with Gasteiger partial charge in [-0.1, -0.05) is 23.2 Å². The molecule has 1 aliphatic heterocycles. The van der Waals surface area contributed by atoms with Crippen LogP contribution in [0.3, 0.4) is 0 Å². The zero-order valence-corrected chi connectivity index (χ0v) is 14.4. The molecule has 0 amide bonds. The smallest absolute Gasteiger partial charge is 0.348 e. The topological polar surface area (TPSA) is 76.4 Å². The van der Waals surface area contributed by atoms with Gasteiger partial charge in [0.05, 0.1) is 17.5 Å². The van der Waals surface area contributed by atoms with E-state index in [4.69, 9.17) is 37.9 Å². The van der Waals surface area contributed by atoms with Crippen LogP contribution in [-0.4, -0.2) is 23.5 Å². The van der Waals surface area contributed by atoms with Crippen LogP contribution < -0.4 is 4.74 Å². The summed E-state index contributed by atoms with van der Waals surface area (Å²) >= 11 is 12.2. The number of rotatable bonds is 3. The van der Waals surface area contributed by atoms with E-state index in [9.17, 15) is 9.59 Å². The predicted octanol–water partition coefficient (Wildman–Crippen LogP) is 3.73. The third-order valence-corrected chi connectivity index (χ3v) is 3.96. The fourth-order valence-electron chi connectivity index (χ4n) is 2.19. The molecule has 5 nitrogen and oxygen atoms in total. The van der Waals surface area contributed by atoms with Gasteiger partial charge in [-0.25, -0.2) is 4.79 Å². The van der Waals surface area contributed by atoms with E-state index in [0.717, 1.165) is 0 Å². The van der Waals surface area contributed by atoms with Crippen molar-refractivity contribution in [2.45, 2.75) is 45.3 Å². The van der Waals surface area contributed by atoms with E-state index in [0.29, 0.717) is 5.56 Å². The van der Waals surface area contributed by atoms with Crippen molar-refractivity contribution >= 4 is 35.0 Å². The van der Waals surface area contributed by atoms with Gasteiger partial charge in [0.1, 0.15) is 16.4 Å². The number of esters is 1. The van der Waals surface area contributed by atoms with Crippen LogP contribution in [0.4, 0.5) is 0 Å². The second-order valence-electron chi connectivity index (χ2n) is 6.14. The average Bonchev–Trinajstić information content (AvgIpc) is 2.85. The zero-order chi connectivity index (χ0) is 17.4. The molecule has 0 saturated heterocycles. The lowest BCUT2D eigenvalue weighted by Gasteiger charge is -2.21. The molecule has 0 bridgehead atoms. The van der Waals surface area contributed by atoms with Crippen molar-refractivity contribution in [3.05, 3.63) is 27.2 Å². The highest BCUT2D eigenvalue weighted by molar-refractivity contribution is 6.45. The van der Waals surface area contributed by atoms with Gasteiger partial charge < -0.3 is 9.47 Å². The van der Waals surface area contributed by atoms with Crippen molar-refractivity contribution < 1.29 is 19.1 Å². The molecule has 0 spiro atoms. The number of hydrogen-bond acceptors (Lipinski definition) is 5. The number of hydrogen-bond donors (Lipinski definition) is 0. The number of ether oxygens (including phenoxy) is 2. The van der Waals surface area contributed by atoms with Crippen LogP contribution >= 0.6 is 23.2 Å². The second kappa shape index (κ2) is 6.38. The van der Waals surface area contributed by atoms with Gasteiger partial charge in [-0.3, -0.25) is 4.79 Å². The fourth-order valence-corrected chi connectivity index (χ4v) is 2.71. The number of nitriles is 1. The van der Waals surface area contributed by atoms with Gasteiger partial charge in [-0.15, -0.1) is 0 Å². The standard InChI is InChI=1S/C16H15Cl2NO4/c1-16(2,3)23-15(21)11-7-8-6-9(10(20)4-5-19)12(17)13(18)14(8)22-11/h6,11H,4,7H2,1-3H3. The van der Waals surface area contributed by atoms with E-state index in [1.165, 1.54) is 6.07 Å². The van der Waals surface area contributed by atoms with Crippen molar-refractivity contribution in [3.63, 3.8) is 0 Å². The van der Waals surface area contributed by atoms with Crippen molar-refractivity contribution in [1.82, 2.24) is 0 Å². The minimum atomic E-state index is -0.834. The molecule has 0 saturated carbocycles. The van der Waals surface area contributed by atoms with Crippen LogP contribution in [-0.2, 0) is 16.0 Å². The van der Waals surface area contributed by atoms with Gasteiger partial charge in [-0.05, 0) is 26.8 Å². The molecule has 7 heteroatoms. The Morgan fingerprint density at radius 3 is 2.61 bits per heavy atom. The third kappa shape index (κ3) is 3.77. The monoisotopic (exact) mass is 355 g/mol. The quantitative estimate of drug-likeness (QED) is 0.609. The lowest BCUT2D eigenvalue weighted by atomic mass is 10.0. The van der Waals surface area contributed by atoms with Gasteiger partial charge in [0.2, 0.25) is 0 Å². The normalized spacial score (nSPS) is 16.3. The molecule has 0 fully saturated rings. The average molecular weight is 356 g/mol. The summed E-state index contributed by atoms with van der Waals surface area (Å²) in [5.74, 6) is -0.658. The highest BCUT2D eigenvalue weighted by atomic mass is 35.5. The first-order valence-corrected chi connectivity index (χ1v) is 7.70. The molecule has 2 rings (SSSR count). The third-order valence-electron chi connectivity index (χ3n) is 3.11. The van der Waals surface area contributed by atoms with Crippen molar-refractivity contribution in [1.29, 1.82) is 5.26 Å². The summed E-state index contributed by atoms with van der Waals surface area (Å²) < 4.78 is 10.8. The molecule has 1 atom stereocenters. The lowest BCUT2D eigenvalue weighted by molar-refractivity contribution is -0.162. The molecule has 1 aliphatic rings. The van der Waals surface area contributed by atoms with Crippen LogP contribution in [0.25, 0.3) is 0 Å². The van der Waals surface area contributed by atoms with E-state index in [1.54, 1.807) is 26.8 Å². The summed E-state index contributed by atoms with van der Waals surface area (Å²) in [5, 5.41) is 8.73. The Balaban J connectivity index is 2.30. The number of carbonyl (C=O) groups is 2. The van der Waals surface area contributed by atoms with E-state index >= 15 is 0 Å². The Labute approximate surface area is 144 Å². The van der Waals surface area contributed by atoms with Crippen molar-refractivity contribution in [3.8, 4) is 11.8 Å². The van der Waals surface area contributed by atoms with Crippen LogP contribution in [0.5, 0.6) is 5.75 Å². The maximum absolute atomic E-state index is 12.1. The fraction of sp³-hybridized carbons (Fsp3) is 0.438. The summed E-state index contributed by atoms with van der Waals surface area (Å²) in [7, 11) is 0.